The summed E-state index contributed by atoms with van der Waals surface area (Å²) < 4.78 is 42.1. The van der Waals surface area contributed by atoms with E-state index in [1.165, 1.54) is 6.26 Å². The number of hydrogen-bond donors (Lipinski definition) is 3. The molecule has 3 N–H and O–H groups in total. The van der Waals surface area contributed by atoms with E-state index in [2.05, 4.69) is 25.4 Å². The summed E-state index contributed by atoms with van der Waals surface area (Å²) in [5, 5.41) is 14.9. The second kappa shape index (κ2) is 12.9. The van der Waals surface area contributed by atoms with E-state index in [-0.39, 0.29) is 11.7 Å². The van der Waals surface area contributed by atoms with Crippen molar-refractivity contribution < 1.29 is 41.9 Å². The number of carboxylic acids is 1. The molecule has 4 heterocycles. The van der Waals surface area contributed by atoms with Gasteiger partial charge in [0.2, 0.25) is 5.91 Å². The van der Waals surface area contributed by atoms with Gasteiger partial charge < -0.3 is 24.7 Å². The zero-order valence-corrected chi connectivity index (χ0v) is 23.2. The Morgan fingerprint density at radius 3 is 2.60 bits per heavy atom. The third kappa shape index (κ3) is 7.45. The van der Waals surface area contributed by atoms with E-state index in [0.717, 1.165) is 27.9 Å². The van der Waals surface area contributed by atoms with Crippen molar-refractivity contribution in [2.45, 2.75) is 50.7 Å². The van der Waals surface area contributed by atoms with Crippen LogP contribution < -0.4 is 10.1 Å². The lowest BCUT2D eigenvalue weighted by atomic mass is 9.92. The molecule has 11 nitrogen and oxygen atoms in total. The summed E-state index contributed by atoms with van der Waals surface area (Å²) in [5.41, 5.74) is 3.17. The van der Waals surface area contributed by atoms with Crippen molar-refractivity contribution in [2.24, 2.45) is 0 Å². The molecule has 0 unspecified atom stereocenters. The first-order valence-corrected chi connectivity index (χ1v) is 13.1. The maximum Gasteiger partial charge on any atom is 0.490 e. The maximum atomic E-state index is 12.2. The topological polar surface area (TPSA) is 160 Å². The van der Waals surface area contributed by atoms with Gasteiger partial charge in [-0.25, -0.2) is 9.78 Å². The molecule has 0 bridgehead atoms. The van der Waals surface area contributed by atoms with Crippen molar-refractivity contribution in [1.29, 1.82) is 0 Å². The summed E-state index contributed by atoms with van der Waals surface area (Å²) in [5.74, 6) is -1.45. The Labute approximate surface area is 243 Å². The number of carboxylic acid groups (broad SMARTS) is 1. The Kier molecular flexibility index (Phi) is 9.27. The Balaban J connectivity index is 0.000000541. The molecule has 0 radical (unpaired) electrons. The van der Waals surface area contributed by atoms with E-state index < -0.39 is 17.7 Å². The summed E-state index contributed by atoms with van der Waals surface area (Å²) in [6, 6.07) is 9.53. The number of aromatic nitrogens is 4. The molecule has 1 saturated heterocycles. The van der Waals surface area contributed by atoms with Crippen LogP contribution in [0.5, 0.6) is 5.75 Å². The van der Waals surface area contributed by atoms with Crippen LogP contribution in [0.15, 0.2) is 59.5 Å². The van der Waals surface area contributed by atoms with E-state index in [0.29, 0.717) is 49.4 Å². The molecule has 1 aliphatic heterocycles. The van der Waals surface area contributed by atoms with Gasteiger partial charge >= 0.3 is 12.1 Å². The number of Topliss-reactive ketones (excluding diaryl/α,β-unsaturated/α-hetero) is 1. The third-order valence-corrected chi connectivity index (χ3v) is 6.76. The quantitative estimate of drug-likeness (QED) is 0.172. The van der Waals surface area contributed by atoms with E-state index in [9.17, 15) is 22.8 Å². The van der Waals surface area contributed by atoms with E-state index >= 15 is 0 Å². The second-order valence-electron chi connectivity index (χ2n) is 9.80. The number of aromatic amines is 1. The van der Waals surface area contributed by atoms with Crippen LogP contribution in [-0.2, 0) is 15.1 Å². The number of imidazole rings is 1. The molecular formula is C29H28F3N5O6. The van der Waals surface area contributed by atoms with Crippen molar-refractivity contribution in [1.82, 2.24) is 25.4 Å². The average molecular weight is 600 g/mol. The molecule has 4 aromatic rings. The number of methoxy groups -OCH3 is 1. The Morgan fingerprint density at radius 2 is 1.98 bits per heavy atom. The predicted octanol–water partition coefficient (Wildman–Crippen LogP) is 5.28. The third-order valence-electron chi connectivity index (χ3n) is 6.76. The smallest absolute Gasteiger partial charge is 0.490 e. The molecule has 5 rings (SSSR count). The van der Waals surface area contributed by atoms with Crippen LogP contribution in [0.1, 0.15) is 54.1 Å². The number of halogens is 3. The number of carbonyl (C=O) groups excluding carboxylic acids is 2. The average Bonchev–Trinajstić information content (AvgIpc) is 3.74. The standard InChI is InChI=1S/C27H27N5O4.C2HF3O2/c1-17-7-8-18-14-19(24(35-2)15-21(18)29-17)22-16-28-26(30-22)27(12-9-25(34)31-27)11-5-3-4-6-23(33)20-10-13-36-32-20;3-2(4,5)1(6)7/h3,5,7-8,10,13-16H,4,6,9,11-12H2,1-2H3,(H,28,30)(H,31,34);(H,6,7)/b5-3+;/t27-;/m1./s1. The lowest BCUT2D eigenvalue weighted by molar-refractivity contribution is -0.192. The zero-order valence-electron chi connectivity index (χ0n) is 23.2. The van der Waals surface area contributed by atoms with Gasteiger partial charge in [0.05, 0.1) is 24.5 Å². The number of ketones is 1. The van der Waals surface area contributed by atoms with Crippen molar-refractivity contribution in [3.8, 4) is 17.0 Å². The van der Waals surface area contributed by atoms with Crippen molar-refractivity contribution in [3.05, 3.63) is 72.2 Å². The van der Waals surface area contributed by atoms with Crippen LogP contribution in [0.25, 0.3) is 22.2 Å². The molecule has 0 spiro atoms. The first kappa shape index (κ1) is 30.9. The molecule has 14 heteroatoms. The number of allylic oxidation sites excluding steroid dienone is 1. The number of hydrogen-bond acceptors (Lipinski definition) is 8. The second-order valence-corrected chi connectivity index (χ2v) is 9.80. The van der Waals surface area contributed by atoms with Crippen LogP contribution >= 0.6 is 0 Å². The SMILES string of the molecule is COc1cc2nc(C)ccc2cc1-c1cnc([C@@]2(C/C=C/CCC(=O)c3ccon3)CCC(=O)N2)[nH]1.O=C(O)C(F)(F)F. The number of benzene rings is 1. The normalized spacial score (nSPS) is 16.6. The number of rotatable bonds is 9. The summed E-state index contributed by atoms with van der Waals surface area (Å²) >= 11 is 0. The van der Waals surface area contributed by atoms with Gasteiger partial charge in [0.25, 0.3) is 0 Å². The fraction of sp³-hybridized carbons (Fsp3) is 0.310. The highest BCUT2D eigenvalue weighted by atomic mass is 19.4. The minimum Gasteiger partial charge on any atom is -0.496 e. The van der Waals surface area contributed by atoms with Crippen molar-refractivity contribution in [3.63, 3.8) is 0 Å². The highest BCUT2D eigenvalue weighted by Gasteiger charge is 2.41. The number of nitrogens with one attached hydrogen (secondary N) is 2. The molecule has 226 valence electrons. The van der Waals surface area contributed by atoms with E-state index in [1.54, 1.807) is 19.4 Å². The zero-order chi connectivity index (χ0) is 31.2. The van der Waals surface area contributed by atoms with Crippen LogP contribution in [0.3, 0.4) is 0 Å². The fourth-order valence-corrected chi connectivity index (χ4v) is 4.58. The summed E-state index contributed by atoms with van der Waals surface area (Å²) in [6.45, 7) is 1.96. The monoisotopic (exact) mass is 599 g/mol. The summed E-state index contributed by atoms with van der Waals surface area (Å²) in [7, 11) is 1.63. The Hall–Kier alpha value is -5.01. The molecule has 43 heavy (non-hydrogen) atoms. The van der Waals surface area contributed by atoms with Gasteiger partial charge in [-0.1, -0.05) is 23.4 Å². The highest BCUT2D eigenvalue weighted by Crippen LogP contribution is 2.37. The lowest BCUT2D eigenvalue weighted by Gasteiger charge is -2.25. The van der Waals surface area contributed by atoms with Gasteiger partial charge in [-0.15, -0.1) is 0 Å². The van der Waals surface area contributed by atoms with Gasteiger partial charge in [-0.05, 0) is 38.3 Å². The molecule has 1 fully saturated rings. The number of fused-ring (bicyclic) bond motifs is 1. The minimum absolute atomic E-state index is 0.00714. The number of aliphatic carboxylic acids is 1. The number of aryl methyl sites for hydroxylation is 1. The molecule has 1 aromatic carbocycles. The number of H-pyrrole nitrogens is 1. The number of alkyl halides is 3. The van der Waals surface area contributed by atoms with E-state index in [4.69, 9.17) is 19.2 Å². The Morgan fingerprint density at radius 1 is 1.21 bits per heavy atom. The lowest BCUT2D eigenvalue weighted by Crippen LogP contribution is -2.39. The fourth-order valence-electron chi connectivity index (χ4n) is 4.58. The first-order chi connectivity index (χ1) is 20.4. The number of nitrogens with zero attached hydrogens (tertiary/aromatic N) is 3. The van der Waals surface area contributed by atoms with Crippen LogP contribution in [-0.4, -0.2) is 56.2 Å². The van der Waals surface area contributed by atoms with E-state index in [1.807, 2.05) is 43.3 Å². The van der Waals surface area contributed by atoms with Gasteiger partial charge in [0.15, 0.2) is 5.78 Å². The molecular weight excluding hydrogens is 571 g/mol. The first-order valence-electron chi connectivity index (χ1n) is 13.1. The largest absolute Gasteiger partial charge is 0.496 e. The van der Waals surface area contributed by atoms with Crippen LogP contribution in [0, 0.1) is 6.92 Å². The molecule has 0 aliphatic carbocycles. The van der Waals surface area contributed by atoms with Crippen molar-refractivity contribution >= 4 is 28.6 Å². The maximum absolute atomic E-state index is 12.2. The summed E-state index contributed by atoms with van der Waals surface area (Å²) in [6.07, 6.45) is 4.54. The van der Waals surface area contributed by atoms with Gasteiger partial charge in [0, 0.05) is 41.6 Å². The molecule has 0 saturated carbocycles. The van der Waals surface area contributed by atoms with Crippen molar-refractivity contribution in [2.75, 3.05) is 7.11 Å². The van der Waals surface area contributed by atoms with Gasteiger partial charge in [-0.3, -0.25) is 14.6 Å². The Bertz CT molecular complexity index is 1650. The minimum atomic E-state index is -5.08. The number of ether oxygens (including phenoxy) is 1. The van der Waals surface area contributed by atoms with Gasteiger partial charge in [-0.2, -0.15) is 13.2 Å². The number of pyridine rings is 1. The molecule has 1 amide bonds. The molecule has 1 aliphatic rings. The van der Waals surface area contributed by atoms with Crippen LogP contribution in [0.4, 0.5) is 13.2 Å². The highest BCUT2D eigenvalue weighted by molar-refractivity contribution is 5.94. The van der Waals surface area contributed by atoms with Gasteiger partial charge in [0.1, 0.15) is 29.1 Å². The molecule has 1 atom stereocenters. The molecule has 3 aromatic heterocycles. The summed E-state index contributed by atoms with van der Waals surface area (Å²) in [4.78, 5) is 45.9. The van der Waals surface area contributed by atoms with Crippen LogP contribution in [0.2, 0.25) is 0 Å². The number of carbonyl (C=O) groups is 3. The predicted molar refractivity (Wildman–Crippen MR) is 147 cm³/mol. The number of amides is 1.